The number of carbonyl (C=O) groups excluding carboxylic acids is 7. The summed E-state index contributed by atoms with van der Waals surface area (Å²) < 4.78 is 49.9. The Balaban J connectivity index is 0.000000329. The number of carboxylic acid groups (broad SMARTS) is 1. The number of likely N-dealkylation sites (tertiary alicyclic amines) is 2. The molecule has 2 fully saturated rings. The van der Waals surface area contributed by atoms with Gasteiger partial charge in [-0.1, -0.05) is 93.9 Å². The highest BCUT2D eigenvalue weighted by molar-refractivity contribution is 9.10. The van der Waals surface area contributed by atoms with E-state index >= 15 is 0 Å². The minimum Gasteiger partial charge on any atom is -0.481 e. The van der Waals surface area contributed by atoms with E-state index in [0.29, 0.717) is 87.1 Å². The van der Waals surface area contributed by atoms with Crippen LogP contribution in [0.3, 0.4) is 0 Å². The first-order chi connectivity index (χ1) is 43.2. The second-order valence-electron chi connectivity index (χ2n) is 28.1. The fourth-order valence-corrected chi connectivity index (χ4v) is 11.9. The van der Waals surface area contributed by atoms with Crippen molar-refractivity contribution in [1.82, 2.24) is 9.80 Å². The van der Waals surface area contributed by atoms with Gasteiger partial charge in [0.1, 0.15) is 34.2 Å². The second kappa shape index (κ2) is 34.5. The number of esters is 3. The molecule has 23 heteroatoms. The largest absolute Gasteiger partial charge is 0.481 e. The molecule has 2 aliphatic heterocycles. The molecule has 0 bridgehead atoms. The summed E-state index contributed by atoms with van der Waals surface area (Å²) in [5.74, 6) is -3.33. The maximum atomic E-state index is 13.8. The average molecular weight is 1390 g/mol. The molecule has 512 valence electrons. The summed E-state index contributed by atoms with van der Waals surface area (Å²) in [4.78, 5) is 102. The molecule has 2 saturated heterocycles. The number of alkyl halides is 1. The fourth-order valence-electron chi connectivity index (χ4n) is 9.29. The predicted octanol–water partition coefficient (Wildman–Crippen LogP) is 15.0. The van der Waals surface area contributed by atoms with Gasteiger partial charge in [-0.25, -0.2) is 14.4 Å². The van der Waals surface area contributed by atoms with E-state index in [4.69, 9.17) is 37.3 Å². The number of nitrogens with zero attached hydrogens (tertiary/aromatic N) is 2. The van der Waals surface area contributed by atoms with Crippen molar-refractivity contribution in [3.63, 3.8) is 0 Å². The van der Waals surface area contributed by atoms with Gasteiger partial charge >= 0.3 is 36.1 Å². The van der Waals surface area contributed by atoms with Crippen LogP contribution in [0.15, 0.2) is 109 Å². The average Bonchev–Trinajstić information content (AvgIpc) is 1.87. The topological polar surface area (TPSA) is 246 Å². The lowest BCUT2D eigenvalue weighted by molar-refractivity contribution is -0.166. The van der Waals surface area contributed by atoms with E-state index in [-0.39, 0.29) is 45.9 Å². The van der Waals surface area contributed by atoms with Gasteiger partial charge in [0.2, 0.25) is 5.78 Å². The first-order valence-electron chi connectivity index (χ1n) is 31.4. The van der Waals surface area contributed by atoms with Crippen molar-refractivity contribution in [3.05, 3.63) is 120 Å². The third-order valence-corrected chi connectivity index (χ3v) is 26.5. The van der Waals surface area contributed by atoms with Crippen LogP contribution in [0.5, 0.6) is 23.0 Å². The molecular weight excluding hydrogens is 1290 g/mol. The van der Waals surface area contributed by atoms with E-state index in [0.717, 1.165) is 7.11 Å². The number of rotatable bonds is 23. The number of benzene rings is 4. The maximum absolute atomic E-state index is 13.8. The summed E-state index contributed by atoms with van der Waals surface area (Å²) in [6.07, 6.45) is -0.621. The smallest absolute Gasteiger partial charge is 0.410 e. The lowest BCUT2D eigenvalue weighted by Crippen LogP contribution is -2.43. The van der Waals surface area contributed by atoms with Gasteiger partial charge in [0.05, 0.1) is 26.1 Å². The molecule has 4 aromatic carbocycles. The SMILES string of the molecule is CC(C)(C)OC(=O)N1CCC(C(CCO[Si](C)(C)C(C)(C)C)C(=O)O)C1.COC(=O)C(Br)C(=O)c1ccc(Oc2ccccc2)cc1.COC(=O)C(OC(=O)C(CCO[Si](C)(C)C(C)(C)C)C1CCN(C(=O)OC(C)(C)C)C1)C(=O)c1ccc(Oc2ccccc2)cc1. The van der Waals surface area contributed by atoms with Gasteiger partial charge in [0, 0.05) is 50.5 Å². The number of para-hydroxylation sites is 2. The summed E-state index contributed by atoms with van der Waals surface area (Å²) in [6, 6.07) is 31.3. The van der Waals surface area contributed by atoms with Crippen LogP contribution in [0, 0.1) is 23.7 Å². The molecule has 6 rings (SSSR count). The minimum absolute atomic E-state index is 0.0338. The third kappa shape index (κ3) is 25.1. The van der Waals surface area contributed by atoms with Gasteiger partial charge in [-0.15, -0.1) is 0 Å². The van der Waals surface area contributed by atoms with Crippen molar-refractivity contribution < 1.29 is 85.5 Å². The van der Waals surface area contributed by atoms with E-state index in [1.165, 1.54) is 19.2 Å². The number of aliphatic carboxylic acids is 1. The van der Waals surface area contributed by atoms with Crippen LogP contribution in [0.25, 0.3) is 0 Å². The Morgan fingerprint density at radius 1 is 0.505 bits per heavy atom. The zero-order chi connectivity index (χ0) is 69.9. The molecule has 1 N–H and O–H groups in total. The molecule has 6 unspecified atom stereocenters. The van der Waals surface area contributed by atoms with Crippen LogP contribution in [0.1, 0.15) is 129 Å². The van der Waals surface area contributed by atoms with Crippen molar-refractivity contribution in [2.24, 2.45) is 23.7 Å². The Morgan fingerprint density at radius 3 is 1.22 bits per heavy atom. The van der Waals surface area contributed by atoms with Crippen molar-refractivity contribution in [2.45, 2.75) is 167 Å². The molecule has 2 amide bonds. The molecule has 20 nitrogen and oxygen atoms in total. The summed E-state index contributed by atoms with van der Waals surface area (Å²) in [6.45, 7) is 34.8. The molecule has 0 spiro atoms. The van der Waals surface area contributed by atoms with E-state index in [1.54, 1.807) is 79.1 Å². The van der Waals surface area contributed by atoms with Gasteiger partial charge < -0.3 is 56.9 Å². The van der Waals surface area contributed by atoms with E-state index < -0.39 is 86.4 Å². The van der Waals surface area contributed by atoms with Crippen molar-refractivity contribution in [2.75, 3.05) is 53.6 Å². The molecule has 0 saturated carbocycles. The number of hydrogen-bond acceptors (Lipinski definition) is 17. The van der Waals surface area contributed by atoms with Gasteiger partial charge in [0.15, 0.2) is 27.2 Å². The Morgan fingerprint density at radius 2 is 0.860 bits per heavy atom. The van der Waals surface area contributed by atoms with Crippen LogP contribution < -0.4 is 9.47 Å². The summed E-state index contributed by atoms with van der Waals surface area (Å²) in [7, 11) is -1.64. The summed E-state index contributed by atoms with van der Waals surface area (Å²) in [5.41, 5.74) is -0.649. The standard InChI is InChI=1S/C35H49NO9Si.C19H37NO5Si.C16H13BrO4/c1-34(2,3)45-33(40)36-21-19-25(23-36)28(20-22-42-46(8,9)35(4,5)6)31(38)44-30(32(39)41-7)29(37)24-15-17-27(18-16-24)43-26-13-11-10-12-14-26;1-18(2,3)25-17(23)20-11-9-14(13-20)15(16(21)22)10-12-24-26(7,8)19(4,5)6;1-20-16(19)14(17)15(18)11-7-9-13(10-8-11)21-12-5-3-2-4-6-12/h10-18,25,28,30H,19-23H2,1-9H3;14-15H,9-13H2,1-8H3,(H,21,22);2-10,14H,1H3. The van der Waals surface area contributed by atoms with Crippen LogP contribution in [0.4, 0.5) is 9.59 Å². The maximum Gasteiger partial charge on any atom is 0.410 e. The Hall–Kier alpha value is -6.93. The van der Waals surface area contributed by atoms with E-state index in [1.807, 2.05) is 69.3 Å². The number of amides is 2. The highest BCUT2D eigenvalue weighted by Crippen LogP contribution is 2.39. The number of carbonyl (C=O) groups is 8. The zero-order valence-electron chi connectivity index (χ0n) is 57.6. The van der Waals surface area contributed by atoms with Crippen LogP contribution in [-0.4, -0.2) is 155 Å². The monoisotopic (exact) mass is 1390 g/mol. The van der Waals surface area contributed by atoms with Crippen LogP contribution >= 0.6 is 15.9 Å². The highest BCUT2D eigenvalue weighted by atomic mass is 79.9. The van der Waals surface area contributed by atoms with Gasteiger partial charge in [-0.2, -0.15) is 0 Å². The number of Topliss-reactive ketones (excluding diaryl/α,β-unsaturated/α-hetero) is 2. The van der Waals surface area contributed by atoms with Crippen molar-refractivity contribution in [1.29, 1.82) is 0 Å². The molecule has 4 aromatic rings. The number of carboxylic acids is 1. The number of methoxy groups -OCH3 is 2. The number of halogens is 1. The third-order valence-electron chi connectivity index (χ3n) is 16.7. The number of hydrogen-bond donors (Lipinski definition) is 1. The first-order valence-corrected chi connectivity index (χ1v) is 38.1. The molecule has 0 radical (unpaired) electrons. The van der Waals surface area contributed by atoms with Gasteiger partial charge in [-0.3, -0.25) is 24.0 Å². The molecule has 0 aromatic heterocycles. The molecule has 6 atom stereocenters. The summed E-state index contributed by atoms with van der Waals surface area (Å²) >= 11 is 3.02. The summed E-state index contributed by atoms with van der Waals surface area (Å²) in [5, 5.41) is 9.73. The Labute approximate surface area is 560 Å². The second-order valence-corrected chi connectivity index (χ2v) is 38.7. The number of ketones is 2. The lowest BCUT2D eigenvalue weighted by atomic mass is 9.89. The molecule has 2 aliphatic rings. The van der Waals surface area contributed by atoms with E-state index in [2.05, 4.69) is 88.4 Å². The normalized spacial score (nSPS) is 16.5. The Kier molecular flexibility index (Phi) is 29.1. The number of ether oxygens (including phenoxy) is 7. The molecule has 93 heavy (non-hydrogen) atoms. The van der Waals surface area contributed by atoms with Crippen LogP contribution in [0.2, 0.25) is 36.3 Å². The van der Waals surface area contributed by atoms with E-state index in [9.17, 15) is 43.5 Å². The van der Waals surface area contributed by atoms with Gasteiger partial charge in [0.25, 0.3) is 6.10 Å². The highest BCUT2D eigenvalue weighted by Gasteiger charge is 2.44. The van der Waals surface area contributed by atoms with Gasteiger partial charge in [-0.05, 0) is 188 Å². The lowest BCUT2D eigenvalue weighted by Gasteiger charge is -2.36. The minimum atomic E-state index is -2.13. The predicted molar refractivity (Wildman–Crippen MR) is 363 cm³/mol. The molecule has 2 heterocycles. The molecular formula is C70H99BrN2O18Si2. The van der Waals surface area contributed by atoms with Crippen molar-refractivity contribution in [3.8, 4) is 23.0 Å². The molecule has 0 aliphatic carbocycles. The van der Waals surface area contributed by atoms with Crippen molar-refractivity contribution >= 4 is 80.2 Å². The first kappa shape index (κ1) is 78.5. The quantitative estimate of drug-likeness (QED) is 0.0181. The zero-order valence-corrected chi connectivity index (χ0v) is 61.2. The van der Waals surface area contributed by atoms with Crippen LogP contribution in [-0.2, 0) is 51.7 Å². The fraction of sp³-hybridized carbons (Fsp3) is 0.543. The Bertz CT molecular complexity index is 3100.